The van der Waals surface area contributed by atoms with Crippen LogP contribution in [0.15, 0.2) is 35.8 Å². The van der Waals surface area contributed by atoms with Crippen LogP contribution in [-0.2, 0) is 6.42 Å². The number of fused-ring (bicyclic) bond motifs is 1. The van der Waals surface area contributed by atoms with Crippen molar-refractivity contribution >= 4 is 22.3 Å². The number of rotatable bonds is 5. The molecule has 0 spiro atoms. The van der Waals surface area contributed by atoms with Crippen LogP contribution >= 0.6 is 11.3 Å². The molecule has 0 aliphatic heterocycles. The van der Waals surface area contributed by atoms with Crippen molar-refractivity contribution in [3.05, 3.63) is 47.1 Å². The lowest BCUT2D eigenvalue weighted by Gasteiger charge is -2.05. The van der Waals surface area contributed by atoms with E-state index in [-0.39, 0.29) is 11.6 Å². The number of aromatic nitrogens is 2. The molecule has 0 saturated heterocycles. The van der Waals surface area contributed by atoms with Crippen molar-refractivity contribution in [2.45, 2.75) is 19.8 Å². The Morgan fingerprint density at radius 1 is 1.38 bits per heavy atom. The van der Waals surface area contributed by atoms with Crippen molar-refractivity contribution in [2.75, 3.05) is 0 Å². The molecule has 3 aromatic rings. The van der Waals surface area contributed by atoms with Crippen LogP contribution in [0.5, 0.6) is 11.6 Å². The maximum Gasteiger partial charge on any atom is 0.358 e. The molecule has 0 amide bonds. The molecule has 0 radical (unpaired) electrons. The van der Waals surface area contributed by atoms with Crippen molar-refractivity contribution in [1.29, 1.82) is 0 Å². The first-order valence-electron chi connectivity index (χ1n) is 6.64. The smallest absolute Gasteiger partial charge is 0.358 e. The van der Waals surface area contributed by atoms with E-state index in [2.05, 4.69) is 11.9 Å². The van der Waals surface area contributed by atoms with Gasteiger partial charge in [-0.1, -0.05) is 25.5 Å². The van der Waals surface area contributed by atoms with Gasteiger partial charge >= 0.3 is 5.97 Å². The number of imidazole rings is 1. The number of ether oxygens (including phenoxy) is 1. The number of aromatic carboxylic acids is 1. The van der Waals surface area contributed by atoms with Crippen LogP contribution in [0, 0.1) is 0 Å². The van der Waals surface area contributed by atoms with Crippen LogP contribution in [0.4, 0.5) is 0 Å². The van der Waals surface area contributed by atoms with Crippen molar-refractivity contribution in [2.24, 2.45) is 0 Å². The summed E-state index contributed by atoms with van der Waals surface area (Å²) in [6.45, 7) is 2.13. The third-order valence-corrected chi connectivity index (χ3v) is 3.87. The molecule has 6 heteroatoms. The maximum atomic E-state index is 11.4. The van der Waals surface area contributed by atoms with Gasteiger partial charge in [0.25, 0.3) is 5.88 Å². The maximum absolute atomic E-state index is 11.4. The van der Waals surface area contributed by atoms with Crippen molar-refractivity contribution in [3.63, 3.8) is 0 Å². The van der Waals surface area contributed by atoms with Crippen LogP contribution in [-0.4, -0.2) is 20.5 Å². The predicted molar refractivity (Wildman–Crippen MR) is 80.5 cm³/mol. The van der Waals surface area contributed by atoms with Gasteiger partial charge < -0.3 is 9.84 Å². The quantitative estimate of drug-likeness (QED) is 0.777. The van der Waals surface area contributed by atoms with Crippen molar-refractivity contribution < 1.29 is 14.6 Å². The average molecular weight is 302 g/mol. The fourth-order valence-electron chi connectivity index (χ4n) is 2.16. The second kappa shape index (κ2) is 5.57. The van der Waals surface area contributed by atoms with Crippen LogP contribution in [0.3, 0.4) is 0 Å². The number of hydrogen-bond acceptors (Lipinski definition) is 4. The minimum atomic E-state index is -1.06. The molecule has 1 N–H and O–H groups in total. The summed E-state index contributed by atoms with van der Waals surface area (Å²) in [5.74, 6) is -0.348. The minimum absolute atomic E-state index is 0.0453. The lowest BCUT2D eigenvalue weighted by Crippen LogP contribution is -2.02. The summed E-state index contributed by atoms with van der Waals surface area (Å²) in [5, 5.41) is 11.1. The highest BCUT2D eigenvalue weighted by atomic mass is 32.1. The normalized spacial score (nSPS) is 10.9. The molecule has 3 rings (SSSR count). The van der Waals surface area contributed by atoms with Gasteiger partial charge in [-0.05, 0) is 24.1 Å². The van der Waals surface area contributed by atoms with Gasteiger partial charge in [0.05, 0.1) is 0 Å². The Bertz CT molecular complexity index is 774. The minimum Gasteiger partial charge on any atom is -0.476 e. The van der Waals surface area contributed by atoms with E-state index < -0.39 is 5.97 Å². The molecule has 1 aromatic carbocycles. The van der Waals surface area contributed by atoms with Gasteiger partial charge in [0, 0.05) is 11.6 Å². The van der Waals surface area contributed by atoms with Gasteiger partial charge in [-0.3, -0.25) is 4.40 Å². The Kier molecular flexibility index (Phi) is 3.62. The molecule has 0 unspecified atom stereocenters. The zero-order valence-corrected chi connectivity index (χ0v) is 12.3. The Hall–Kier alpha value is -2.34. The molecule has 0 aliphatic rings. The molecule has 0 fully saturated rings. The molecule has 0 aliphatic carbocycles. The van der Waals surface area contributed by atoms with E-state index in [1.165, 1.54) is 21.3 Å². The summed E-state index contributed by atoms with van der Waals surface area (Å²) in [6.07, 6.45) is 3.77. The summed E-state index contributed by atoms with van der Waals surface area (Å²) in [5.41, 5.74) is 1.28. The predicted octanol–water partition coefficient (Wildman–Crippen LogP) is 3.84. The standard InChI is InChI=1S/C15H14N2O3S/c1-2-3-10-4-6-11(7-5-10)20-13-12(14(18)19)17-8-9-21-15(17)16-13/h4-9H,2-3H2,1H3,(H,18,19). The monoisotopic (exact) mass is 302 g/mol. The molecule has 0 atom stereocenters. The summed E-state index contributed by atoms with van der Waals surface area (Å²) >= 11 is 1.37. The summed E-state index contributed by atoms with van der Waals surface area (Å²) in [6, 6.07) is 7.64. The molecule has 2 heterocycles. The summed E-state index contributed by atoms with van der Waals surface area (Å²) in [7, 11) is 0. The van der Waals surface area contributed by atoms with Gasteiger partial charge in [-0.2, -0.15) is 4.98 Å². The molecular weight excluding hydrogens is 288 g/mol. The zero-order chi connectivity index (χ0) is 14.8. The topological polar surface area (TPSA) is 63.8 Å². The highest BCUT2D eigenvalue weighted by Gasteiger charge is 2.21. The number of carboxylic acid groups (broad SMARTS) is 1. The average Bonchev–Trinajstić information content (AvgIpc) is 3.01. The van der Waals surface area contributed by atoms with E-state index in [0.717, 1.165) is 12.8 Å². The molecule has 21 heavy (non-hydrogen) atoms. The van der Waals surface area contributed by atoms with Gasteiger partial charge in [-0.15, -0.1) is 11.3 Å². The van der Waals surface area contributed by atoms with Crippen molar-refractivity contribution in [3.8, 4) is 11.6 Å². The van der Waals surface area contributed by atoms with E-state index in [4.69, 9.17) is 4.74 Å². The van der Waals surface area contributed by atoms with Gasteiger partial charge in [0.15, 0.2) is 10.7 Å². The second-order valence-electron chi connectivity index (χ2n) is 4.62. The molecule has 5 nitrogen and oxygen atoms in total. The van der Waals surface area contributed by atoms with E-state index in [0.29, 0.717) is 10.7 Å². The number of thiazole rings is 1. The van der Waals surface area contributed by atoms with Crippen LogP contribution in [0.25, 0.3) is 4.96 Å². The number of carboxylic acids is 1. The van der Waals surface area contributed by atoms with Crippen LogP contribution in [0.1, 0.15) is 29.4 Å². The lowest BCUT2D eigenvalue weighted by molar-refractivity contribution is 0.0686. The Balaban J connectivity index is 1.92. The molecular formula is C15H14N2O3S. The third-order valence-electron chi connectivity index (χ3n) is 3.11. The number of carbonyl (C=O) groups is 1. The third kappa shape index (κ3) is 2.62. The Morgan fingerprint density at radius 2 is 2.14 bits per heavy atom. The van der Waals surface area contributed by atoms with E-state index in [1.807, 2.05) is 24.3 Å². The second-order valence-corrected chi connectivity index (χ2v) is 5.50. The SMILES string of the molecule is CCCc1ccc(Oc2nc3sccn3c2C(=O)O)cc1. The fraction of sp³-hybridized carbons (Fsp3) is 0.200. The van der Waals surface area contributed by atoms with E-state index in [9.17, 15) is 9.90 Å². The number of aryl methyl sites for hydroxylation is 1. The first-order chi connectivity index (χ1) is 10.2. The molecule has 0 saturated carbocycles. The van der Waals surface area contributed by atoms with E-state index >= 15 is 0 Å². The number of nitrogens with zero attached hydrogens (tertiary/aromatic N) is 2. The molecule has 108 valence electrons. The van der Waals surface area contributed by atoms with Gasteiger partial charge in [-0.25, -0.2) is 4.79 Å². The van der Waals surface area contributed by atoms with E-state index in [1.54, 1.807) is 11.6 Å². The fourth-order valence-corrected chi connectivity index (χ4v) is 2.86. The highest BCUT2D eigenvalue weighted by Crippen LogP contribution is 2.28. The lowest BCUT2D eigenvalue weighted by atomic mass is 10.1. The number of hydrogen-bond donors (Lipinski definition) is 1. The van der Waals surface area contributed by atoms with Crippen LogP contribution < -0.4 is 4.74 Å². The Labute approximate surface area is 125 Å². The first kappa shape index (κ1) is 13.6. The summed E-state index contributed by atoms with van der Waals surface area (Å²) < 4.78 is 7.16. The summed E-state index contributed by atoms with van der Waals surface area (Å²) in [4.78, 5) is 16.2. The highest BCUT2D eigenvalue weighted by molar-refractivity contribution is 7.15. The van der Waals surface area contributed by atoms with Gasteiger partial charge in [0.1, 0.15) is 5.75 Å². The van der Waals surface area contributed by atoms with Gasteiger partial charge in [0.2, 0.25) is 0 Å². The molecule has 0 bridgehead atoms. The largest absolute Gasteiger partial charge is 0.476 e. The van der Waals surface area contributed by atoms with Crippen molar-refractivity contribution in [1.82, 2.24) is 9.38 Å². The number of benzene rings is 1. The molecule has 2 aromatic heterocycles. The van der Waals surface area contributed by atoms with Crippen LogP contribution in [0.2, 0.25) is 0 Å². The Morgan fingerprint density at radius 3 is 2.81 bits per heavy atom. The zero-order valence-electron chi connectivity index (χ0n) is 11.4. The first-order valence-corrected chi connectivity index (χ1v) is 7.52.